The quantitative estimate of drug-likeness (QED) is 0.606. The molecule has 0 aliphatic heterocycles. The normalized spacial score (nSPS) is 12.8. The van der Waals surface area contributed by atoms with Gasteiger partial charge in [-0.15, -0.1) is 0 Å². The average molecular weight is 233 g/mol. The number of benzene rings is 1. The minimum atomic E-state index is 0.254. The van der Waals surface area contributed by atoms with Crippen LogP contribution in [0.4, 0.5) is 0 Å². The molecule has 1 aromatic carbocycles. The Morgan fingerprint density at radius 2 is 1.82 bits per heavy atom. The molecule has 17 heavy (non-hydrogen) atoms. The molecule has 0 bridgehead atoms. The topological polar surface area (TPSA) is 53.1 Å². The molecular formula is C14H23N3. The van der Waals surface area contributed by atoms with E-state index in [1.807, 2.05) is 0 Å². The van der Waals surface area contributed by atoms with Crippen LogP contribution < -0.4 is 5.73 Å². The van der Waals surface area contributed by atoms with Gasteiger partial charge in [0.2, 0.25) is 0 Å². The summed E-state index contributed by atoms with van der Waals surface area (Å²) in [5.74, 6) is 0.254. The zero-order chi connectivity index (χ0) is 13.0. The van der Waals surface area contributed by atoms with Crippen LogP contribution in [0.25, 0.3) is 0 Å². The van der Waals surface area contributed by atoms with E-state index in [-0.39, 0.29) is 5.84 Å². The van der Waals surface area contributed by atoms with Crippen LogP contribution in [-0.2, 0) is 6.54 Å². The van der Waals surface area contributed by atoms with Gasteiger partial charge in [-0.3, -0.25) is 10.3 Å². The van der Waals surface area contributed by atoms with Gasteiger partial charge in [0, 0.05) is 19.0 Å². The third kappa shape index (κ3) is 4.57. The van der Waals surface area contributed by atoms with E-state index in [0.29, 0.717) is 12.5 Å². The Bertz CT molecular complexity index is 378. The lowest BCUT2D eigenvalue weighted by molar-refractivity contribution is 0.254. The smallest absolute Gasteiger partial charge is 0.0920 e. The second-order valence-corrected chi connectivity index (χ2v) is 4.99. The zero-order valence-electron chi connectivity index (χ0n) is 11.2. The number of nitrogens with one attached hydrogen (secondary N) is 1. The summed E-state index contributed by atoms with van der Waals surface area (Å²) in [5, 5.41) is 7.32. The molecule has 94 valence electrons. The van der Waals surface area contributed by atoms with Gasteiger partial charge in [-0.25, -0.2) is 0 Å². The molecule has 1 rings (SSSR count). The molecular weight excluding hydrogens is 210 g/mol. The van der Waals surface area contributed by atoms with Gasteiger partial charge >= 0.3 is 0 Å². The fourth-order valence-electron chi connectivity index (χ4n) is 2.08. The van der Waals surface area contributed by atoms with Crippen LogP contribution in [0.2, 0.25) is 0 Å². The first-order valence-electron chi connectivity index (χ1n) is 5.99. The summed E-state index contributed by atoms with van der Waals surface area (Å²) in [6, 6.07) is 6.91. The summed E-state index contributed by atoms with van der Waals surface area (Å²) in [5.41, 5.74) is 9.35. The molecule has 0 radical (unpaired) electrons. The molecule has 3 N–H and O–H groups in total. The predicted octanol–water partition coefficient (Wildman–Crippen LogP) is 2.45. The number of aryl methyl sites for hydroxylation is 2. The molecule has 0 amide bonds. The van der Waals surface area contributed by atoms with Crippen LogP contribution in [0, 0.1) is 19.3 Å². The van der Waals surface area contributed by atoms with Crippen molar-refractivity contribution in [3.63, 3.8) is 0 Å². The van der Waals surface area contributed by atoms with Gasteiger partial charge in [0.1, 0.15) is 0 Å². The van der Waals surface area contributed by atoms with Gasteiger partial charge in [0.05, 0.1) is 5.84 Å². The summed E-state index contributed by atoms with van der Waals surface area (Å²) in [6.45, 7) is 7.24. The molecule has 3 heteroatoms. The Hall–Kier alpha value is -1.35. The first kappa shape index (κ1) is 13.7. The van der Waals surface area contributed by atoms with Crippen LogP contribution in [0.15, 0.2) is 18.2 Å². The van der Waals surface area contributed by atoms with Gasteiger partial charge in [-0.2, -0.15) is 0 Å². The van der Waals surface area contributed by atoms with E-state index < -0.39 is 0 Å². The van der Waals surface area contributed by atoms with Crippen molar-refractivity contribution in [1.29, 1.82) is 5.41 Å². The molecule has 0 heterocycles. The average Bonchev–Trinajstić information content (AvgIpc) is 2.14. The summed E-state index contributed by atoms with van der Waals surface area (Å²) in [4.78, 5) is 2.23. The van der Waals surface area contributed by atoms with E-state index in [0.717, 1.165) is 6.54 Å². The highest BCUT2D eigenvalue weighted by Crippen LogP contribution is 2.12. The molecule has 0 saturated heterocycles. The van der Waals surface area contributed by atoms with Crippen molar-refractivity contribution < 1.29 is 0 Å². The molecule has 0 aromatic heterocycles. The largest absolute Gasteiger partial charge is 0.388 e. The minimum Gasteiger partial charge on any atom is -0.388 e. The first-order chi connectivity index (χ1) is 7.88. The van der Waals surface area contributed by atoms with E-state index in [1.165, 1.54) is 16.7 Å². The number of amidine groups is 1. The molecule has 0 aliphatic carbocycles. The number of nitrogens with zero attached hydrogens (tertiary/aromatic N) is 1. The second kappa shape index (κ2) is 5.82. The van der Waals surface area contributed by atoms with Crippen molar-refractivity contribution in [2.24, 2.45) is 5.73 Å². The maximum absolute atomic E-state index is 7.32. The van der Waals surface area contributed by atoms with Gasteiger partial charge < -0.3 is 5.73 Å². The van der Waals surface area contributed by atoms with Crippen molar-refractivity contribution >= 4 is 5.84 Å². The van der Waals surface area contributed by atoms with Gasteiger partial charge in [-0.05, 0) is 33.4 Å². The Labute approximate surface area is 104 Å². The van der Waals surface area contributed by atoms with Crippen molar-refractivity contribution in [2.45, 2.75) is 39.8 Å². The minimum absolute atomic E-state index is 0.254. The van der Waals surface area contributed by atoms with Crippen molar-refractivity contribution in [3.05, 3.63) is 34.9 Å². The van der Waals surface area contributed by atoms with E-state index in [1.54, 1.807) is 0 Å². The molecule has 1 atom stereocenters. The number of hydrogen-bond acceptors (Lipinski definition) is 2. The van der Waals surface area contributed by atoms with Crippen LogP contribution in [0.5, 0.6) is 0 Å². The van der Waals surface area contributed by atoms with E-state index in [9.17, 15) is 0 Å². The Balaban J connectivity index is 2.66. The number of nitrogens with two attached hydrogens (primary N) is 1. The Kier molecular flexibility index (Phi) is 4.70. The summed E-state index contributed by atoms with van der Waals surface area (Å²) < 4.78 is 0. The lowest BCUT2D eigenvalue weighted by Gasteiger charge is -2.24. The monoisotopic (exact) mass is 233 g/mol. The van der Waals surface area contributed by atoms with Gasteiger partial charge in [-0.1, -0.05) is 29.3 Å². The van der Waals surface area contributed by atoms with Crippen LogP contribution in [0.1, 0.15) is 30.0 Å². The SMILES string of the molecule is Cc1cc(C)cc(CN(C)C(C)CC(=N)N)c1. The van der Waals surface area contributed by atoms with Crippen molar-refractivity contribution in [2.75, 3.05) is 7.05 Å². The fourth-order valence-corrected chi connectivity index (χ4v) is 2.08. The molecule has 3 nitrogen and oxygen atoms in total. The maximum atomic E-state index is 7.32. The second-order valence-electron chi connectivity index (χ2n) is 4.99. The molecule has 0 spiro atoms. The van der Waals surface area contributed by atoms with E-state index in [4.69, 9.17) is 11.1 Å². The fraction of sp³-hybridized carbons (Fsp3) is 0.500. The van der Waals surface area contributed by atoms with Crippen molar-refractivity contribution in [1.82, 2.24) is 4.90 Å². The third-order valence-electron chi connectivity index (χ3n) is 2.98. The standard InChI is InChI=1S/C14H23N3/c1-10-5-11(2)7-13(6-10)9-17(4)12(3)8-14(15)16/h5-7,12H,8-9H2,1-4H3,(H3,15,16). The lowest BCUT2D eigenvalue weighted by Crippen LogP contribution is -2.32. The predicted molar refractivity (Wildman–Crippen MR) is 73.4 cm³/mol. The maximum Gasteiger partial charge on any atom is 0.0920 e. The Morgan fingerprint density at radius 1 is 1.29 bits per heavy atom. The van der Waals surface area contributed by atoms with E-state index >= 15 is 0 Å². The Morgan fingerprint density at radius 3 is 2.29 bits per heavy atom. The van der Waals surface area contributed by atoms with E-state index in [2.05, 4.69) is 50.9 Å². The first-order valence-corrected chi connectivity index (χ1v) is 5.99. The molecule has 0 aliphatic rings. The number of rotatable bonds is 5. The zero-order valence-corrected chi connectivity index (χ0v) is 11.2. The highest BCUT2D eigenvalue weighted by molar-refractivity contribution is 5.77. The molecule has 0 fully saturated rings. The van der Waals surface area contributed by atoms with Crippen molar-refractivity contribution in [3.8, 4) is 0 Å². The summed E-state index contributed by atoms with van der Waals surface area (Å²) in [6.07, 6.45) is 0.626. The van der Waals surface area contributed by atoms with Crippen LogP contribution >= 0.6 is 0 Å². The summed E-state index contributed by atoms with van der Waals surface area (Å²) in [7, 11) is 2.07. The molecule has 1 unspecified atom stereocenters. The third-order valence-corrected chi connectivity index (χ3v) is 2.98. The molecule has 1 aromatic rings. The van der Waals surface area contributed by atoms with Crippen LogP contribution in [0.3, 0.4) is 0 Å². The lowest BCUT2D eigenvalue weighted by atomic mass is 10.1. The summed E-state index contributed by atoms with van der Waals surface area (Å²) >= 11 is 0. The highest BCUT2D eigenvalue weighted by Gasteiger charge is 2.11. The van der Waals surface area contributed by atoms with Crippen LogP contribution in [-0.4, -0.2) is 23.8 Å². The number of hydrogen-bond donors (Lipinski definition) is 2. The van der Waals surface area contributed by atoms with Gasteiger partial charge in [0.15, 0.2) is 0 Å². The highest BCUT2D eigenvalue weighted by atomic mass is 15.1. The van der Waals surface area contributed by atoms with Gasteiger partial charge in [0.25, 0.3) is 0 Å². The molecule has 0 saturated carbocycles.